The van der Waals surface area contributed by atoms with Crippen molar-refractivity contribution in [1.29, 1.82) is 0 Å². The maximum atomic E-state index is 11.4. The van der Waals surface area contributed by atoms with Gasteiger partial charge in [0.25, 0.3) is 5.69 Å². The van der Waals surface area contributed by atoms with Gasteiger partial charge >= 0.3 is 0 Å². The Kier molecular flexibility index (Phi) is 6.16. The molecule has 6 nitrogen and oxygen atoms in total. The van der Waals surface area contributed by atoms with E-state index in [9.17, 15) is 14.9 Å². The summed E-state index contributed by atoms with van der Waals surface area (Å²) in [6.45, 7) is 0.275. The first kappa shape index (κ1) is 15.3. The predicted molar refractivity (Wildman–Crippen MR) is 67.5 cm³/mol. The summed E-state index contributed by atoms with van der Waals surface area (Å²) in [5.74, 6) is -0.154. The molecule has 0 heterocycles. The van der Waals surface area contributed by atoms with E-state index in [2.05, 4.69) is 5.32 Å². The Morgan fingerprint density at radius 3 is 2.29 bits per heavy atom. The van der Waals surface area contributed by atoms with Gasteiger partial charge in [-0.15, -0.1) is 12.4 Å². The minimum absolute atomic E-state index is 0. The lowest BCUT2D eigenvalue weighted by molar-refractivity contribution is -0.384. The fraction of sp³-hybridized carbons (Fsp3) is 0.300. The SMILES string of the molecule is CN(C)CC(=O)Nc1ccc([N+](=O)[O-])cc1.Cl. The van der Waals surface area contributed by atoms with Crippen LogP contribution in [-0.2, 0) is 4.79 Å². The molecule has 0 atom stereocenters. The monoisotopic (exact) mass is 259 g/mol. The molecule has 1 N–H and O–H groups in total. The first-order valence-electron chi connectivity index (χ1n) is 4.68. The van der Waals surface area contributed by atoms with Gasteiger partial charge in [-0.05, 0) is 26.2 Å². The van der Waals surface area contributed by atoms with Crippen LogP contribution in [-0.4, -0.2) is 36.4 Å². The second kappa shape index (κ2) is 6.82. The molecule has 0 aliphatic carbocycles. The van der Waals surface area contributed by atoms with Gasteiger partial charge in [-0.25, -0.2) is 0 Å². The highest BCUT2D eigenvalue weighted by atomic mass is 35.5. The lowest BCUT2D eigenvalue weighted by atomic mass is 10.3. The molecule has 1 amide bonds. The van der Waals surface area contributed by atoms with Crippen molar-refractivity contribution in [2.45, 2.75) is 0 Å². The van der Waals surface area contributed by atoms with Gasteiger partial charge in [0.1, 0.15) is 0 Å². The molecule has 1 rings (SSSR count). The summed E-state index contributed by atoms with van der Waals surface area (Å²) in [7, 11) is 3.57. The zero-order valence-electron chi connectivity index (χ0n) is 9.54. The summed E-state index contributed by atoms with van der Waals surface area (Å²) < 4.78 is 0. The van der Waals surface area contributed by atoms with Gasteiger partial charge in [0, 0.05) is 17.8 Å². The summed E-state index contributed by atoms with van der Waals surface area (Å²) >= 11 is 0. The second-order valence-electron chi connectivity index (χ2n) is 3.59. The molecule has 0 unspecified atom stereocenters. The smallest absolute Gasteiger partial charge is 0.269 e. The lowest BCUT2D eigenvalue weighted by Crippen LogP contribution is -2.27. The first-order valence-corrected chi connectivity index (χ1v) is 4.68. The molecule has 0 aliphatic heterocycles. The summed E-state index contributed by atoms with van der Waals surface area (Å²) in [6, 6.07) is 5.72. The second-order valence-corrected chi connectivity index (χ2v) is 3.59. The third-order valence-electron chi connectivity index (χ3n) is 1.82. The van der Waals surface area contributed by atoms with Crippen LogP contribution in [0, 0.1) is 10.1 Å². The maximum absolute atomic E-state index is 11.4. The minimum atomic E-state index is -0.481. The number of nitro benzene ring substituents is 1. The largest absolute Gasteiger partial charge is 0.325 e. The van der Waals surface area contributed by atoms with E-state index in [1.165, 1.54) is 24.3 Å². The predicted octanol–water partition coefficient (Wildman–Crippen LogP) is 1.52. The minimum Gasteiger partial charge on any atom is -0.325 e. The average molecular weight is 260 g/mol. The van der Waals surface area contributed by atoms with Crippen LogP contribution in [0.4, 0.5) is 11.4 Å². The molecule has 0 bridgehead atoms. The molecule has 0 aromatic heterocycles. The number of nitro groups is 1. The Morgan fingerprint density at radius 2 is 1.88 bits per heavy atom. The van der Waals surface area contributed by atoms with Crippen molar-refractivity contribution in [1.82, 2.24) is 4.90 Å². The maximum Gasteiger partial charge on any atom is 0.269 e. The van der Waals surface area contributed by atoms with Crippen LogP contribution < -0.4 is 5.32 Å². The highest BCUT2D eigenvalue weighted by Gasteiger charge is 2.06. The third kappa shape index (κ3) is 5.28. The number of rotatable bonds is 4. The molecule has 0 fully saturated rings. The summed E-state index contributed by atoms with van der Waals surface area (Å²) in [6.07, 6.45) is 0. The van der Waals surface area contributed by atoms with Crippen LogP contribution >= 0.6 is 12.4 Å². The molecule has 1 aromatic rings. The van der Waals surface area contributed by atoms with Crippen LogP contribution in [0.5, 0.6) is 0 Å². The number of nitrogens with one attached hydrogen (secondary N) is 1. The van der Waals surface area contributed by atoms with E-state index in [-0.39, 0.29) is 30.5 Å². The molecule has 1 aromatic carbocycles. The number of nitrogens with zero attached hydrogens (tertiary/aromatic N) is 2. The fourth-order valence-corrected chi connectivity index (χ4v) is 1.15. The quantitative estimate of drug-likeness (QED) is 0.657. The Bertz CT molecular complexity index is 392. The number of benzene rings is 1. The zero-order valence-corrected chi connectivity index (χ0v) is 10.4. The van der Waals surface area contributed by atoms with E-state index in [4.69, 9.17) is 0 Å². The van der Waals surface area contributed by atoms with E-state index in [0.717, 1.165) is 0 Å². The normalized spacial score (nSPS) is 9.59. The molecular weight excluding hydrogens is 246 g/mol. The van der Waals surface area contributed by atoms with Crippen molar-refractivity contribution in [3.8, 4) is 0 Å². The van der Waals surface area contributed by atoms with E-state index in [1.54, 1.807) is 19.0 Å². The fourth-order valence-electron chi connectivity index (χ4n) is 1.15. The molecule has 0 saturated heterocycles. The average Bonchev–Trinajstić information content (AvgIpc) is 2.16. The number of amides is 1. The Balaban J connectivity index is 0.00000256. The number of carbonyl (C=O) groups excluding carboxylic acids is 1. The van der Waals surface area contributed by atoms with Crippen LogP contribution in [0.2, 0.25) is 0 Å². The summed E-state index contributed by atoms with van der Waals surface area (Å²) in [4.78, 5) is 23.0. The summed E-state index contributed by atoms with van der Waals surface area (Å²) in [5, 5.41) is 13.0. The van der Waals surface area contributed by atoms with Crippen LogP contribution in [0.15, 0.2) is 24.3 Å². The van der Waals surface area contributed by atoms with Crippen LogP contribution in [0.3, 0.4) is 0 Å². The molecule has 17 heavy (non-hydrogen) atoms. The van der Waals surface area contributed by atoms with Crippen LogP contribution in [0.1, 0.15) is 0 Å². The van der Waals surface area contributed by atoms with Crippen molar-refractivity contribution in [3.05, 3.63) is 34.4 Å². The van der Waals surface area contributed by atoms with Crippen molar-refractivity contribution in [2.75, 3.05) is 26.0 Å². The van der Waals surface area contributed by atoms with Gasteiger partial charge in [-0.2, -0.15) is 0 Å². The number of carbonyl (C=O) groups is 1. The Morgan fingerprint density at radius 1 is 1.35 bits per heavy atom. The standard InChI is InChI=1S/C10H13N3O3.ClH/c1-12(2)7-10(14)11-8-3-5-9(6-4-8)13(15)16;/h3-6H,7H2,1-2H3,(H,11,14);1H. The molecule has 0 aliphatic rings. The molecule has 0 radical (unpaired) electrons. The number of hydrogen-bond acceptors (Lipinski definition) is 4. The van der Waals surface area contributed by atoms with E-state index in [0.29, 0.717) is 5.69 Å². The highest BCUT2D eigenvalue weighted by molar-refractivity contribution is 5.92. The Hall–Kier alpha value is -1.66. The summed E-state index contributed by atoms with van der Waals surface area (Å²) in [5.41, 5.74) is 0.558. The van der Waals surface area contributed by atoms with Gasteiger partial charge in [0.2, 0.25) is 5.91 Å². The van der Waals surface area contributed by atoms with E-state index >= 15 is 0 Å². The molecule has 0 spiro atoms. The van der Waals surface area contributed by atoms with E-state index < -0.39 is 4.92 Å². The number of non-ortho nitro benzene ring substituents is 1. The molecule has 0 saturated carbocycles. The van der Waals surface area contributed by atoms with Gasteiger partial charge in [0.15, 0.2) is 0 Å². The van der Waals surface area contributed by atoms with Crippen molar-refractivity contribution in [2.24, 2.45) is 0 Å². The van der Waals surface area contributed by atoms with Gasteiger partial charge < -0.3 is 10.2 Å². The molecular formula is C10H14ClN3O3. The number of halogens is 1. The molecule has 7 heteroatoms. The lowest BCUT2D eigenvalue weighted by Gasteiger charge is -2.09. The highest BCUT2D eigenvalue weighted by Crippen LogP contribution is 2.15. The third-order valence-corrected chi connectivity index (χ3v) is 1.82. The first-order chi connectivity index (χ1) is 7.49. The molecule has 94 valence electrons. The number of likely N-dealkylation sites (N-methyl/N-ethyl adjacent to an activating group) is 1. The van der Waals surface area contributed by atoms with Gasteiger partial charge in [0.05, 0.1) is 11.5 Å². The number of hydrogen-bond donors (Lipinski definition) is 1. The topological polar surface area (TPSA) is 75.5 Å². The van der Waals surface area contributed by atoms with Crippen molar-refractivity contribution >= 4 is 29.7 Å². The zero-order chi connectivity index (χ0) is 12.1. The van der Waals surface area contributed by atoms with Gasteiger partial charge in [-0.1, -0.05) is 0 Å². The van der Waals surface area contributed by atoms with Crippen LogP contribution in [0.25, 0.3) is 0 Å². The van der Waals surface area contributed by atoms with Crippen molar-refractivity contribution in [3.63, 3.8) is 0 Å². The van der Waals surface area contributed by atoms with Crippen molar-refractivity contribution < 1.29 is 9.72 Å². The Labute approximate surface area is 105 Å². The van der Waals surface area contributed by atoms with Gasteiger partial charge in [-0.3, -0.25) is 14.9 Å². The number of anilines is 1. The van der Waals surface area contributed by atoms with E-state index in [1.807, 2.05) is 0 Å².